The van der Waals surface area contributed by atoms with Gasteiger partial charge in [-0.15, -0.1) is 0 Å². The molecule has 2 heterocycles. The maximum absolute atomic E-state index is 12.7. The van der Waals surface area contributed by atoms with Crippen molar-refractivity contribution < 1.29 is 18.0 Å². The molecule has 1 N–H and O–H groups in total. The van der Waals surface area contributed by atoms with Gasteiger partial charge in [-0.25, -0.2) is 8.42 Å². The van der Waals surface area contributed by atoms with Gasteiger partial charge < -0.3 is 9.80 Å². The first kappa shape index (κ1) is 18.7. The van der Waals surface area contributed by atoms with E-state index < -0.39 is 10.0 Å². The van der Waals surface area contributed by atoms with Gasteiger partial charge >= 0.3 is 0 Å². The summed E-state index contributed by atoms with van der Waals surface area (Å²) in [6, 6.07) is 6.51. The van der Waals surface area contributed by atoms with E-state index in [9.17, 15) is 18.0 Å². The van der Waals surface area contributed by atoms with E-state index in [0.29, 0.717) is 30.8 Å². The van der Waals surface area contributed by atoms with Crippen molar-refractivity contribution in [2.45, 2.75) is 26.2 Å². The standard InChI is InChI=1S/C18H25N3O4S/c1-3-26(24,25)19-15-6-4-14(5-7-15)17(23)21-10-8-18(9-11-21)12-16(22)20(2)13-18/h4-7,19H,3,8-13H2,1-2H3. The minimum Gasteiger partial charge on any atom is -0.345 e. The molecule has 2 fully saturated rings. The van der Waals surface area contributed by atoms with Crippen LogP contribution in [0.3, 0.4) is 0 Å². The first-order valence-corrected chi connectivity index (χ1v) is 10.5. The Bertz CT molecular complexity index is 796. The second-order valence-electron chi connectivity index (χ2n) is 7.30. The van der Waals surface area contributed by atoms with Crippen molar-refractivity contribution in [2.75, 3.05) is 37.2 Å². The van der Waals surface area contributed by atoms with Crippen molar-refractivity contribution in [1.82, 2.24) is 9.80 Å². The third-order valence-electron chi connectivity index (χ3n) is 5.42. The molecule has 2 aliphatic heterocycles. The van der Waals surface area contributed by atoms with Gasteiger partial charge in [0, 0.05) is 49.8 Å². The third kappa shape index (κ3) is 3.85. The summed E-state index contributed by atoms with van der Waals surface area (Å²) in [6.07, 6.45) is 2.25. The molecule has 7 nitrogen and oxygen atoms in total. The summed E-state index contributed by atoms with van der Waals surface area (Å²) in [6.45, 7) is 3.63. The van der Waals surface area contributed by atoms with Gasteiger partial charge in [0.2, 0.25) is 15.9 Å². The number of rotatable bonds is 4. The molecule has 1 aromatic rings. The lowest BCUT2D eigenvalue weighted by molar-refractivity contribution is -0.126. The lowest BCUT2D eigenvalue weighted by Crippen LogP contribution is -2.44. The Labute approximate surface area is 154 Å². The zero-order valence-corrected chi connectivity index (χ0v) is 16.0. The van der Waals surface area contributed by atoms with Crippen LogP contribution in [0.5, 0.6) is 0 Å². The van der Waals surface area contributed by atoms with Crippen molar-refractivity contribution >= 4 is 27.5 Å². The number of hydrogen-bond acceptors (Lipinski definition) is 4. The Morgan fingerprint density at radius 2 is 1.81 bits per heavy atom. The van der Waals surface area contributed by atoms with Crippen molar-refractivity contribution in [1.29, 1.82) is 0 Å². The molecule has 0 radical (unpaired) electrons. The van der Waals surface area contributed by atoms with Crippen LogP contribution in [0.15, 0.2) is 24.3 Å². The van der Waals surface area contributed by atoms with Gasteiger partial charge in [0.05, 0.1) is 5.75 Å². The Balaban J connectivity index is 1.61. The molecular formula is C18H25N3O4S. The van der Waals surface area contributed by atoms with E-state index in [2.05, 4.69) is 4.72 Å². The molecule has 0 unspecified atom stereocenters. The highest BCUT2D eigenvalue weighted by Crippen LogP contribution is 2.40. The largest absolute Gasteiger partial charge is 0.345 e. The summed E-state index contributed by atoms with van der Waals surface area (Å²) in [7, 11) is -1.49. The molecule has 142 valence electrons. The first-order chi connectivity index (χ1) is 12.2. The zero-order chi connectivity index (χ0) is 18.9. The van der Waals surface area contributed by atoms with E-state index in [1.807, 2.05) is 11.9 Å². The predicted molar refractivity (Wildman–Crippen MR) is 99.4 cm³/mol. The van der Waals surface area contributed by atoms with Crippen molar-refractivity contribution in [3.8, 4) is 0 Å². The second-order valence-corrected chi connectivity index (χ2v) is 9.31. The highest BCUT2D eigenvalue weighted by Gasteiger charge is 2.44. The molecule has 0 bridgehead atoms. The third-order valence-corrected chi connectivity index (χ3v) is 6.73. The molecule has 0 aliphatic carbocycles. The van der Waals surface area contributed by atoms with Gasteiger partial charge in [0.25, 0.3) is 5.91 Å². The Kier molecular flexibility index (Phi) is 4.96. The molecule has 2 aliphatic rings. The molecule has 0 saturated carbocycles. The Morgan fingerprint density at radius 1 is 1.19 bits per heavy atom. The fourth-order valence-electron chi connectivity index (χ4n) is 3.74. The van der Waals surface area contributed by atoms with Gasteiger partial charge in [-0.2, -0.15) is 0 Å². The summed E-state index contributed by atoms with van der Waals surface area (Å²) in [5.41, 5.74) is 1.01. The van der Waals surface area contributed by atoms with Crippen LogP contribution in [0.25, 0.3) is 0 Å². The summed E-state index contributed by atoms with van der Waals surface area (Å²) >= 11 is 0. The molecule has 0 aromatic heterocycles. The number of carbonyl (C=O) groups excluding carboxylic acids is 2. The number of piperidine rings is 1. The smallest absolute Gasteiger partial charge is 0.253 e. The first-order valence-electron chi connectivity index (χ1n) is 8.87. The van der Waals surface area contributed by atoms with Crippen LogP contribution in [0.4, 0.5) is 5.69 Å². The lowest BCUT2D eigenvalue weighted by Gasteiger charge is -2.38. The van der Waals surface area contributed by atoms with Crippen LogP contribution in [-0.2, 0) is 14.8 Å². The average molecular weight is 379 g/mol. The highest BCUT2D eigenvalue weighted by molar-refractivity contribution is 7.92. The van der Waals surface area contributed by atoms with Crippen molar-refractivity contribution in [3.63, 3.8) is 0 Å². The van der Waals surface area contributed by atoms with Crippen LogP contribution in [-0.4, -0.2) is 62.5 Å². The van der Waals surface area contributed by atoms with E-state index in [4.69, 9.17) is 0 Å². The van der Waals surface area contributed by atoms with E-state index in [-0.39, 0.29) is 23.0 Å². The van der Waals surface area contributed by atoms with E-state index in [1.165, 1.54) is 0 Å². The van der Waals surface area contributed by atoms with Gasteiger partial charge in [0.15, 0.2) is 0 Å². The van der Waals surface area contributed by atoms with Crippen molar-refractivity contribution in [2.24, 2.45) is 5.41 Å². The summed E-state index contributed by atoms with van der Waals surface area (Å²) in [5, 5.41) is 0. The number of nitrogens with zero attached hydrogens (tertiary/aromatic N) is 2. The number of nitrogens with one attached hydrogen (secondary N) is 1. The molecular weight excluding hydrogens is 354 g/mol. The van der Waals surface area contributed by atoms with Crippen molar-refractivity contribution in [3.05, 3.63) is 29.8 Å². The number of amides is 2. The molecule has 2 amide bonds. The number of benzene rings is 1. The fourth-order valence-corrected chi connectivity index (χ4v) is 4.38. The predicted octanol–water partition coefficient (Wildman–Crippen LogP) is 1.53. The number of hydrogen-bond donors (Lipinski definition) is 1. The van der Waals surface area contributed by atoms with E-state index >= 15 is 0 Å². The van der Waals surface area contributed by atoms with Crippen LogP contribution in [0.1, 0.15) is 36.5 Å². The quantitative estimate of drug-likeness (QED) is 0.860. The zero-order valence-electron chi connectivity index (χ0n) is 15.2. The number of carbonyl (C=O) groups is 2. The number of likely N-dealkylation sites (tertiary alicyclic amines) is 2. The minimum absolute atomic E-state index is 0.000894. The monoisotopic (exact) mass is 379 g/mol. The molecule has 1 spiro atoms. The Hall–Kier alpha value is -2.09. The van der Waals surface area contributed by atoms with E-state index in [0.717, 1.165) is 19.4 Å². The SMILES string of the molecule is CCS(=O)(=O)Nc1ccc(C(=O)N2CCC3(CC2)CC(=O)N(C)C3)cc1. The van der Waals surface area contributed by atoms with Crippen LogP contribution in [0, 0.1) is 5.41 Å². The fraction of sp³-hybridized carbons (Fsp3) is 0.556. The molecule has 1 aromatic carbocycles. The molecule has 26 heavy (non-hydrogen) atoms. The normalized spacial score (nSPS) is 19.8. The van der Waals surface area contributed by atoms with Crippen LogP contribution in [0.2, 0.25) is 0 Å². The second kappa shape index (κ2) is 6.90. The highest BCUT2D eigenvalue weighted by atomic mass is 32.2. The van der Waals surface area contributed by atoms with Gasteiger partial charge in [-0.05, 0) is 44.0 Å². The topological polar surface area (TPSA) is 86.8 Å². The molecule has 2 saturated heterocycles. The van der Waals surface area contributed by atoms with Gasteiger partial charge in [-0.1, -0.05) is 0 Å². The maximum atomic E-state index is 12.7. The minimum atomic E-state index is -3.32. The number of anilines is 1. The maximum Gasteiger partial charge on any atom is 0.253 e. The average Bonchev–Trinajstić information content (AvgIpc) is 2.89. The molecule has 8 heteroatoms. The Morgan fingerprint density at radius 3 is 2.31 bits per heavy atom. The van der Waals surface area contributed by atoms with E-state index in [1.54, 1.807) is 36.1 Å². The van der Waals surface area contributed by atoms with Gasteiger partial charge in [-0.3, -0.25) is 14.3 Å². The number of sulfonamides is 1. The van der Waals surface area contributed by atoms with Gasteiger partial charge in [0.1, 0.15) is 0 Å². The lowest BCUT2D eigenvalue weighted by atomic mass is 9.77. The van der Waals surface area contributed by atoms with Crippen LogP contribution < -0.4 is 4.72 Å². The summed E-state index contributed by atoms with van der Waals surface area (Å²) in [5.74, 6) is 0.137. The summed E-state index contributed by atoms with van der Waals surface area (Å²) < 4.78 is 25.6. The molecule has 3 rings (SSSR count). The molecule has 0 atom stereocenters. The summed E-state index contributed by atoms with van der Waals surface area (Å²) in [4.78, 5) is 28.1. The van der Waals surface area contributed by atoms with Crippen LogP contribution >= 0.6 is 0 Å².